The molecule has 0 saturated heterocycles. The van der Waals surface area contributed by atoms with Crippen molar-refractivity contribution in [3.63, 3.8) is 0 Å². The Labute approximate surface area is 101 Å². The Balaban J connectivity index is -0.00000000500. The van der Waals surface area contributed by atoms with Gasteiger partial charge in [-0.25, -0.2) is 35.6 Å². The van der Waals surface area contributed by atoms with Crippen LogP contribution in [-0.4, -0.2) is 23.1 Å². The summed E-state index contributed by atoms with van der Waals surface area (Å²) in [6.45, 7) is 0. The molecule has 0 radical (unpaired) electrons. The van der Waals surface area contributed by atoms with Crippen molar-refractivity contribution in [1.29, 1.82) is 0 Å². The second kappa shape index (κ2) is 109. The summed E-state index contributed by atoms with van der Waals surface area (Å²) < 4.78 is 23.2. The average molecular weight is 202 g/mol. The van der Waals surface area contributed by atoms with Crippen LogP contribution in [-0.2, 0) is 0 Å². The van der Waals surface area contributed by atoms with Crippen LogP contribution in [0.25, 0.3) is 0 Å². The number of hydrogen-bond donors (Lipinski definition) is 0. The normalized spacial score (nSPS) is 2.25. The number of rotatable bonds is 0. The van der Waals surface area contributed by atoms with Gasteiger partial charge in [-0.1, -0.05) is 0 Å². The van der Waals surface area contributed by atoms with E-state index in [1.807, 2.05) is 0 Å². The fourth-order valence-electron chi connectivity index (χ4n) is 0. The molecule has 0 aromatic rings. The van der Waals surface area contributed by atoms with Gasteiger partial charge in [-0.15, -0.1) is 0 Å². The van der Waals surface area contributed by atoms with Crippen molar-refractivity contribution in [2.24, 2.45) is 0 Å². The van der Waals surface area contributed by atoms with Crippen LogP contribution in [0.5, 0.6) is 0 Å². The molecule has 0 aliphatic heterocycles. The second-order valence-corrected chi connectivity index (χ2v) is 0. The van der Waals surface area contributed by atoms with E-state index in [0.717, 1.165) is 0 Å². The molecule has 0 fully saturated rings. The molecule has 42 valence electrons. The molecule has 0 aromatic carbocycles. The largest absolute Gasteiger partial charge is 2.00 e. The minimum atomic E-state index is 0. The quantitative estimate of drug-likeness (QED) is 0.369. The maximum absolute atomic E-state index is 7.72. The minimum absolute atomic E-state index is 0. The Kier molecular flexibility index (Phi) is 426. The Morgan fingerprint density at radius 1 is 0.625 bits per heavy atom. The molecule has 0 N–H and O–H groups in total. The zero-order chi connectivity index (χ0) is 6.00. The summed E-state index contributed by atoms with van der Waals surface area (Å²) in [6.07, 6.45) is 0. The molecule has 0 unspecified atom stereocenters. The molecule has 0 aliphatic carbocycles. The van der Waals surface area contributed by atoms with E-state index >= 15 is 0 Å². The van der Waals surface area contributed by atoms with Gasteiger partial charge in [-0.3, -0.25) is 0 Å². The fraction of sp³-hybridized carbons (Fsp3) is 0. The van der Waals surface area contributed by atoms with Crippen LogP contribution in [0.2, 0.25) is 0 Å². The predicted octanol–water partition coefficient (Wildman–Crippen LogP) is -4.88. The zero-order valence-corrected chi connectivity index (χ0v) is 9.75. The van der Waals surface area contributed by atoms with Gasteiger partial charge in [0.1, 0.15) is 0 Å². The van der Waals surface area contributed by atoms with Gasteiger partial charge in [0, 0.05) is 0 Å². The Hall–Kier alpha value is 2.52. The van der Waals surface area contributed by atoms with E-state index in [2.05, 4.69) is 35.6 Å². The topological polar surface area (TPSA) is 69.2 Å². The van der Waals surface area contributed by atoms with Crippen LogP contribution in [0.3, 0.4) is 0 Å². The Morgan fingerprint density at radius 2 is 0.625 bits per heavy atom. The van der Waals surface area contributed by atoms with E-state index in [1.165, 1.54) is 0 Å². The van der Waals surface area contributed by atoms with Crippen molar-refractivity contribution in [1.82, 2.24) is 0 Å². The van der Waals surface area contributed by atoms with Gasteiger partial charge in [0.15, 0.2) is 0 Å². The van der Waals surface area contributed by atoms with Crippen LogP contribution in [0.15, 0.2) is 0 Å². The summed E-state index contributed by atoms with van der Waals surface area (Å²) >= 11 is 10.2. The molecule has 0 rings (SSSR count). The first-order chi connectivity index (χ1) is 3.00. The number of halogens is 3. The molecule has 8 heavy (non-hydrogen) atoms. The molecule has 8 heteroatoms. The molecule has 0 amide bonds. The van der Waals surface area contributed by atoms with E-state index in [9.17, 15) is 0 Å². The second-order valence-electron chi connectivity index (χ2n) is 0. The molecular weight excluding hydrogens is 202 g/mol. The summed E-state index contributed by atoms with van der Waals surface area (Å²) in [7, 11) is 0. The smallest absolute Gasteiger partial charge is 0.769 e. The summed E-state index contributed by atoms with van der Waals surface area (Å²) in [4.78, 5) is 0. The van der Waals surface area contributed by atoms with Crippen molar-refractivity contribution in [3.05, 3.63) is 0 Å². The first-order valence-electron chi connectivity index (χ1n) is 0.463. The van der Waals surface area contributed by atoms with Crippen molar-refractivity contribution in [2.75, 3.05) is 0 Å². The molecule has 0 bridgehead atoms. The fourth-order valence-corrected chi connectivity index (χ4v) is 0. The Bertz CT molecular complexity index is 14.5. The molecule has 0 aromatic heterocycles. The van der Waals surface area contributed by atoms with Crippen LogP contribution in [0, 0.1) is 0 Å². The van der Waals surface area contributed by atoms with Gasteiger partial charge in [-0.05, 0) is 0 Å². The standard InChI is InChI=1S/3ClO.Mg.Na/c3*1-2;;/q3*-1;+2;+1. The third-order valence-electron chi connectivity index (χ3n) is 0. The van der Waals surface area contributed by atoms with Gasteiger partial charge in [0.2, 0.25) is 0 Å². The molecule has 0 aliphatic rings. The first-order valence-corrected chi connectivity index (χ1v) is 1.39. The van der Waals surface area contributed by atoms with Crippen molar-refractivity contribution >= 4 is 58.7 Å². The van der Waals surface area contributed by atoms with Gasteiger partial charge in [0.25, 0.3) is 0 Å². The molecule has 0 heterocycles. The van der Waals surface area contributed by atoms with Crippen LogP contribution < -0.4 is 43.5 Å². The zero-order valence-electron chi connectivity index (χ0n) is 4.07. The first kappa shape index (κ1) is 31.3. The van der Waals surface area contributed by atoms with E-state index in [0.29, 0.717) is 0 Å². The van der Waals surface area contributed by atoms with Gasteiger partial charge in [0.05, 0.1) is 0 Å². The van der Waals surface area contributed by atoms with E-state index in [1.54, 1.807) is 0 Å². The van der Waals surface area contributed by atoms with Gasteiger partial charge in [-0.2, -0.15) is 0 Å². The summed E-state index contributed by atoms with van der Waals surface area (Å²) in [5, 5.41) is 0. The molecule has 3 nitrogen and oxygen atoms in total. The van der Waals surface area contributed by atoms with Gasteiger partial charge < -0.3 is 14.0 Å². The summed E-state index contributed by atoms with van der Waals surface area (Å²) in [5.74, 6) is 0. The van der Waals surface area contributed by atoms with Crippen LogP contribution in [0.1, 0.15) is 0 Å². The third kappa shape index (κ3) is 76.0. The Morgan fingerprint density at radius 3 is 0.625 bits per heavy atom. The maximum Gasteiger partial charge on any atom is 2.00 e. The average Bonchev–Trinajstić information content (AvgIpc) is 1.81. The van der Waals surface area contributed by atoms with Crippen molar-refractivity contribution < 1.29 is 43.5 Å². The van der Waals surface area contributed by atoms with Crippen molar-refractivity contribution in [2.45, 2.75) is 0 Å². The minimum Gasteiger partial charge on any atom is -0.769 e. The van der Waals surface area contributed by atoms with E-state index in [4.69, 9.17) is 14.0 Å². The maximum atomic E-state index is 7.72. The molecule has 0 spiro atoms. The van der Waals surface area contributed by atoms with E-state index in [-0.39, 0.29) is 52.6 Å². The van der Waals surface area contributed by atoms with Gasteiger partial charge >= 0.3 is 52.6 Å². The van der Waals surface area contributed by atoms with E-state index < -0.39 is 0 Å². The molecule has 0 saturated carbocycles. The van der Waals surface area contributed by atoms with Crippen molar-refractivity contribution in [3.8, 4) is 0 Å². The number of hydrogen-bond acceptors (Lipinski definition) is 3. The SMILES string of the molecule is [Mg+2].[Na+].[O-]Cl.[O-]Cl.[O-]Cl. The summed E-state index contributed by atoms with van der Waals surface area (Å²) in [6, 6.07) is 0. The van der Waals surface area contributed by atoms with Crippen LogP contribution in [0.4, 0.5) is 0 Å². The molecule has 0 atom stereocenters. The van der Waals surface area contributed by atoms with Crippen LogP contribution >= 0.6 is 35.6 Å². The monoisotopic (exact) mass is 200 g/mol. The third-order valence-corrected chi connectivity index (χ3v) is 0. The molecular formula is Cl3MgNaO3. The predicted molar refractivity (Wildman–Crippen MR) is 23.3 cm³/mol. The summed E-state index contributed by atoms with van der Waals surface area (Å²) in [5.41, 5.74) is 0.